The topological polar surface area (TPSA) is 90.9 Å². The van der Waals surface area contributed by atoms with E-state index in [1.807, 2.05) is 0 Å². The largest absolute Gasteiger partial charge is 0.434 e. The monoisotopic (exact) mass is 268 g/mol. The van der Waals surface area contributed by atoms with Crippen LogP contribution in [-0.4, -0.2) is 19.7 Å². The van der Waals surface area contributed by atoms with Gasteiger partial charge < -0.3 is 4.74 Å². The molecule has 2 rings (SSSR count). The molecule has 2 aromatic rings. The first-order valence-corrected chi connectivity index (χ1v) is 5.80. The van der Waals surface area contributed by atoms with Crippen molar-refractivity contribution in [3.63, 3.8) is 0 Å². The number of nitrogen functional groups attached to an aromatic ring is 1. The van der Waals surface area contributed by atoms with E-state index in [-0.39, 0.29) is 11.8 Å². The molecule has 0 aliphatic carbocycles. The smallest absolute Gasteiger partial charge is 0.243 e. The lowest BCUT2D eigenvalue weighted by Crippen LogP contribution is -2.10. The van der Waals surface area contributed by atoms with Gasteiger partial charge in [0.25, 0.3) is 0 Å². The number of halogens is 1. The molecule has 3 N–H and O–H groups in total. The molecule has 0 unspecified atom stereocenters. The summed E-state index contributed by atoms with van der Waals surface area (Å²) in [5.41, 5.74) is 2.32. The zero-order valence-corrected chi connectivity index (χ0v) is 10.6. The van der Waals surface area contributed by atoms with Crippen molar-refractivity contribution >= 4 is 17.5 Å². The van der Waals surface area contributed by atoms with Crippen molar-refractivity contribution < 1.29 is 4.74 Å². The molecule has 96 valence electrons. The first-order valence-electron chi connectivity index (χ1n) is 5.42. The summed E-state index contributed by atoms with van der Waals surface area (Å²) in [6, 6.07) is 0. The Morgan fingerprint density at radius 1 is 1.50 bits per heavy atom. The average molecular weight is 269 g/mol. The van der Waals surface area contributed by atoms with Crippen molar-refractivity contribution in [3.05, 3.63) is 23.6 Å². The van der Waals surface area contributed by atoms with Gasteiger partial charge in [0.2, 0.25) is 11.8 Å². The van der Waals surface area contributed by atoms with Crippen LogP contribution in [0, 0.1) is 0 Å². The Balaban J connectivity index is 2.16. The van der Waals surface area contributed by atoms with Gasteiger partial charge in [0.05, 0.1) is 18.6 Å². The number of ether oxygens (including phenoxy) is 1. The Bertz CT molecular complexity index is 529. The molecular weight excluding hydrogens is 256 g/mol. The molecule has 0 radical (unpaired) electrons. The molecule has 0 aliphatic rings. The molecule has 0 atom stereocenters. The Morgan fingerprint density at radius 2 is 2.33 bits per heavy atom. The summed E-state index contributed by atoms with van der Waals surface area (Å²) >= 11 is 5.93. The minimum atomic E-state index is 0.232. The van der Waals surface area contributed by atoms with Crippen LogP contribution in [0.4, 0.5) is 5.95 Å². The Hall–Kier alpha value is -1.86. The standard InChI is InChI=1S/C10H13ClN6O/c1-2-3-17-6-7(4-14-17)18-9-8(11)5-13-10(15-9)16-12/h4-6H,2-3,12H2,1H3,(H,13,15,16). The van der Waals surface area contributed by atoms with Crippen molar-refractivity contribution in [2.45, 2.75) is 19.9 Å². The van der Waals surface area contributed by atoms with Crippen LogP contribution in [-0.2, 0) is 6.54 Å². The molecule has 0 bridgehead atoms. The Morgan fingerprint density at radius 3 is 3.06 bits per heavy atom. The zero-order valence-electron chi connectivity index (χ0n) is 9.80. The van der Waals surface area contributed by atoms with Crippen LogP contribution in [0.15, 0.2) is 18.6 Å². The SMILES string of the molecule is CCCn1cc(Oc2nc(NN)ncc2Cl)cn1. The number of nitrogens with two attached hydrogens (primary N) is 1. The van der Waals surface area contributed by atoms with Gasteiger partial charge >= 0.3 is 0 Å². The molecule has 0 amide bonds. The summed E-state index contributed by atoms with van der Waals surface area (Å²) in [4.78, 5) is 7.86. The van der Waals surface area contributed by atoms with Crippen LogP contribution < -0.4 is 16.0 Å². The Kier molecular flexibility index (Phi) is 3.96. The summed E-state index contributed by atoms with van der Waals surface area (Å²) < 4.78 is 7.30. The summed E-state index contributed by atoms with van der Waals surface area (Å²) in [5.74, 6) is 6.24. The van der Waals surface area contributed by atoms with Gasteiger partial charge in [-0.05, 0) is 6.42 Å². The number of hydrogen-bond acceptors (Lipinski definition) is 6. The third-order valence-corrected chi connectivity index (χ3v) is 2.38. The summed E-state index contributed by atoms with van der Waals surface area (Å²) in [6.07, 6.45) is 5.79. The van der Waals surface area contributed by atoms with Gasteiger partial charge in [0.1, 0.15) is 5.02 Å². The fourth-order valence-corrected chi connectivity index (χ4v) is 1.48. The third-order valence-electron chi connectivity index (χ3n) is 2.12. The second-order valence-corrected chi connectivity index (χ2v) is 3.94. The molecule has 0 spiro atoms. The third kappa shape index (κ3) is 2.88. The number of nitrogens with zero attached hydrogens (tertiary/aromatic N) is 4. The van der Waals surface area contributed by atoms with Gasteiger partial charge in [-0.2, -0.15) is 10.1 Å². The maximum Gasteiger partial charge on any atom is 0.243 e. The van der Waals surface area contributed by atoms with Crippen LogP contribution >= 0.6 is 11.6 Å². The molecule has 18 heavy (non-hydrogen) atoms. The van der Waals surface area contributed by atoms with Crippen molar-refractivity contribution in [2.75, 3.05) is 5.43 Å². The molecule has 0 aromatic carbocycles. The molecule has 2 heterocycles. The quantitative estimate of drug-likeness (QED) is 0.635. The van der Waals surface area contributed by atoms with Gasteiger partial charge in [-0.3, -0.25) is 10.1 Å². The number of aryl methyl sites for hydroxylation is 1. The second-order valence-electron chi connectivity index (χ2n) is 3.53. The van der Waals surface area contributed by atoms with E-state index >= 15 is 0 Å². The predicted molar refractivity (Wildman–Crippen MR) is 67.4 cm³/mol. The van der Waals surface area contributed by atoms with E-state index in [2.05, 4.69) is 27.4 Å². The van der Waals surface area contributed by atoms with Gasteiger partial charge in [0.15, 0.2) is 5.75 Å². The maximum absolute atomic E-state index is 5.93. The van der Waals surface area contributed by atoms with Crippen molar-refractivity contribution in [1.29, 1.82) is 0 Å². The fraction of sp³-hybridized carbons (Fsp3) is 0.300. The van der Waals surface area contributed by atoms with E-state index < -0.39 is 0 Å². The van der Waals surface area contributed by atoms with Crippen molar-refractivity contribution in [1.82, 2.24) is 19.7 Å². The molecule has 0 aliphatic heterocycles. The van der Waals surface area contributed by atoms with E-state index in [1.165, 1.54) is 6.20 Å². The number of rotatable bonds is 5. The lowest BCUT2D eigenvalue weighted by atomic mass is 10.5. The van der Waals surface area contributed by atoms with E-state index in [9.17, 15) is 0 Å². The van der Waals surface area contributed by atoms with Gasteiger partial charge in [-0.15, -0.1) is 0 Å². The minimum Gasteiger partial charge on any atom is -0.434 e. The minimum absolute atomic E-state index is 0.232. The van der Waals surface area contributed by atoms with E-state index in [1.54, 1.807) is 17.1 Å². The molecule has 8 heteroatoms. The van der Waals surface area contributed by atoms with Crippen LogP contribution in [0.2, 0.25) is 5.02 Å². The van der Waals surface area contributed by atoms with Crippen LogP contribution in [0.1, 0.15) is 13.3 Å². The van der Waals surface area contributed by atoms with Crippen LogP contribution in [0.25, 0.3) is 0 Å². The molecule has 0 fully saturated rings. The summed E-state index contributed by atoms with van der Waals surface area (Å²) in [6.45, 7) is 2.90. The molecule has 7 nitrogen and oxygen atoms in total. The molecule has 0 saturated heterocycles. The maximum atomic E-state index is 5.93. The highest BCUT2D eigenvalue weighted by molar-refractivity contribution is 6.31. The lowest BCUT2D eigenvalue weighted by Gasteiger charge is -2.05. The van der Waals surface area contributed by atoms with Gasteiger partial charge in [-0.25, -0.2) is 10.8 Å². The summed E-state index contributed by atoms with van der Waals surface area (Å²) in [7, 11) is 0. The van der Waals surface area contributed by atoms with Crippen LogP contribution in [0.3, 0.4) is 0 Å². The molecular formula is C10H13ClN6O. The number of aromatic nitrogens is 4. The number of hydrogen-bond donors (Lipinski definition) is 2. The van der Waals surface area contributed by atoms with Gasteiger partial charge in [-0.1, -0.05) is 18.5 Å². The first-order chi connectivity index (χ1) is 8.72. The summed E-state index contributed by atoms with van der Waals surface area (Å²) in [5, 5.41) is 4.44. The predicted octanol–water partition coefficient (Wildman–Crippen LogP) is 1.81. The van der Waals surface area contributed by atoms with E-state index in [0.717, 1.165) is 13.0 Å². The first kappa shape index (κ1) is 12.6. The second kappa shape index (κ2) is 5.65. The fourth-order valence-electron chi connectivity index (χ4n) is 1.35. The van der Waals surface area contributed by atoms with Gasteiger partial charge in [0, 0.05) is 6.54 Å². The lowest BCUT2D eigenvalue weighted by molar-refractivity contribution is 0.461. The highest BCUT2D eigenvalue weighted by Gasteiger charge is 2.08. The van der Waals surface area contributed by atoms with E-state index in [4.69, 9.17) is 22.2 Å². The highest BCUT2D eigenvalue weighted by Crippen LogP contribution is 2.26. The van der Waals surface area contributed by atoms with Crippen molar-refractivity contribution in [3.8, 4) is 11.6 Å². The zero-order chi connectivity index (χ0) is 13.0. The number of hydrazine groups is 1. The number of nitrogens with one attached hydrogen (secondary N) is 1. The van der Waals surface area contributed by atoms with E-state index in [0.29, 0.717) is 10.8 Å². The normalized spacial score (nSPS) is 10.4. The number of anilines is 1. The average Bonchev–Trinajstić information content (AvgIpc) is 2.80. The Labute approximate surface area is 109 Å². The highest BCUT2D eigenvalue weighted by atomic mass is 35.5. The van der Waals surface area contributed by atoms with Crippen LogP contribution in [0.5, 0.6) is 11.6 Å². The van der Waals surface area contributed by atoms with Crippen molar-refractivity contribution in [2.24, 2.45) is 5.84 Å². The molecule has 0 saturated carbocycles. The molecule has 2 aromatic heterocycles.